The number of halogens is 1. The highest BCUT2D eigenvalue weighted by Crippen LogP contribution is 2.24. The van der Waals surface area contributed by atoms with Crippen molar-refractivity contribution in [3.8, 4) is 0 Å². The third-order valence-electron chi connectivity index (χ3n) is 2.96. The minimum absolute atomic E-state index is 0.230. The Morgan fingerprint density at radius 2 is 2.05 bits per heavy atom. The molecule has 0 unspecified atom stereocenters. The number of carbonyl (C=O) groups is 1. The quantitative estimate of drug-likeness (QED) is 0.939. The Morgan fingerprint density at radius 3 is 2.57 bits per heavy atom. The van der Waals surface area contributed by atoms with E-state index in [0.29, 0.717) is 0 Å². The Labute approximate surface area is 126 Å². The van der Waals surface area contributed by atoms with Gasteiger partial charge in [0, 0.05) is 16.8 Å². The van der Waals surface area contributed by atoms with Gasteiger partial charge in [0.25, 0.3) is 0 Å². The maximum absolute atomic E-state index is 13.7. The summed E-state index contributed by atoms with van der Waals surface area (Å²) in [7, 11) is -3.62. The molecule has 1 aromatic carbocycles. The minimum atomic E-state index is -3.62. The van der Waals surface area contributed by atoms with E-state index in [4.69, 9.17) is 0 Å². The van der Waals surface area contributed by atoms with Crippen molar-refractivity contribution >= 4 is 32.8 Å². The molecule has 112 valence electrons. The van der Waals surface area contributed by atoms with Gasteiger partial charge in [0.1, 0.15) is 10.7 Å². The minimum Gasteiger partial charge on any atom is -0.325 e. The van der Waals surface area contributed by atoms with Crippen LogP contribution < -0.4 is 5.32 Å². The highest BCUT2D eigenvalue weighted by Gasteiger charge is 2.18. The average molecular weight is 327 g/mol. The number of hydrogen-bond donors (Lipinski definition) is 1. The number of hydrogen-bond acceptors (Lipinski definition) is 4. The third-order valence-corrected chi connectivity index (χ3v) is 5.15. The van der Waals surface area contributed by atoms with E-state index in [0.717, 1.165) is 23.3 Å². The van der Waals surface area contributed by atoms with Crippen molar-refractivity contribution < 1.29 is 17.6 Å². The van der Waals surface area contributed by atoms with Crippen LogP contribution in [0.4, 0.5) is 10.1 Å². The fourth-order valence-electron chi connectivity index (χ4n) is 1.80. The van der Waals surface area contributed by atoms with Crippen molar-refractivity contribution in [2.75, 3.05) is 11.6 Å². The lowest BCUT2D eigenvalue weighted by Crippen LogP contribution is -2.18. The zero-order valence-corrected chi connectivity index (χ0v) is 13.1. The smallest absolute Gasteiger partial charge is 0.232 e. The molecule has 1 amide bonds. The van der Waals surface area contributed by atoms with Crippen LogP contribution in [0, 0.1) is 5.82 Å². The highest BCUT2D eigenvalue weighted by molar-refractivity contribution is 7.90. The Hall–Kier alpha value is -1.73. The molecule has 2 aromatic rings. The van der Waals surface area contributed by atoms with E-state index in [1.165, 1.54) is 17.4 Å². The van der Waals surface area contributed by atoms with Crippen LogP contribution in [0.3, 0.4) is 0 Å². The van der Waals surface area contributed by atoms with Gasteiger partial charge in [-0.1, -0.05) is 6.07 Å². The van der Waals surface area contributed by atoms with Gasteiger partial charge < -0.3 is 5.32 Å². The molecular formula is C14H14FNO3S2. The summed E-state index contributed by atoms with van der Waals surface area (Å²) in [4.78, 5) is 12.6. The normalized spacial score (nSPS) is 12.9. The van der Waals surface area contributed by atoms with E-state index in [1.807, 2.05) is 17.5 Å². The molecule has 0 aliphatic rings. The molecule has 0 spiro atoms. The average Bonchev–Trinajstić information content (AvgIpc) is 2.90. The molecule has 1 aromatic heterocycles. The second kappa shape index (κ2) is 5.95. The van der Waals surface area contributed by atoms with Crippen LogP contribution in [-0.2, 0) is 14.6 Å². The highest BCUT2D eigenvalue weighted by atomic mass is 32.2. The molecule has 0 fully saturated rings. The van der Waals surface area contributed by atoms with Gasteiger partial charge in [-0.3, -0.25) is 4.79 Å². The Morgan fingerprint density at radius 1 is 1.33 bits per heavy atom. The summed E-state index contributed by atoms with van der Waals surface area (Å²) in [6.45, 7) is 1.75. The number of nitrogens with one attached hydrogen (secondary N) is 1. The second-order valence-electron chi connectivity index (χ2n) is 4.64. The van der Waals surface area contributed by atoms with Crippen molar-refractivity contribution in [3.05, 3.63) is 46.4 Å². The molecule has 0 saturated heterocycles. The lowest BCUT2D eigenvalue weighted by molar-refractivity contribution is -0.117. The van der Waals surface area contributed by atoms with E-state index in [-0.39, 0.29) is 22.4 Å². The molecule has 0 bridgehead atoms. The predicted octanol–water partition coefficient (Wildman–Crippen LogP) is 3.03. The molecule has 0 aliphatic carbocycles. The van der Waals surface area contributed by atoms with Crippen LogP contribution in [0.25, 0.3) is 0 Å². The second-order valence-corrected chi connectivity index (χ2v) is 7.61. The van der Waals surface area contributed by atoms with Crippen LogP contribution in [0.1, 0.15) is 17.7 Å². The summed E-state index contributed by atoms with van der Waals surface area (Å²) in [6, 6.07) is 7.23. The van der Waals surface area contributed by atoms with Crippen molar-refractivity contribution in [2.45, 2.75) is 17.7 Å². The summed E-state index contributed by atoms with van der Waals surface area (Å²) in [5.74, 6) is -1.51. The third kappa shape index (κ3) is 3.68. The van der Waals surface area contributed by atoms with E-state index < -0.39 is 15.7 Å². The molecule has 0 aliphatic heterocycles. The van der Waals surface area contributed by atoms with Crippen LogP contribution in [-0.4, -0.2) is 20.6 Å². The SMILES string of the molecule is C[C@@H](C(=O)Nc1ccc(S(C)(=O)=O)c(F)c1)c1cccs1. The first-order chi connectivity index (χ1) is 9.79. The number of sulfone groups is 1. The fraction of sp³-hybridized carbons (Fsp3) is 0.214. The van der Waals surface area contributed by atoms with Crippen molar-refractivity contribution in [2.24, 2.45) is 0 Å². The van der Waals surface area contributed by atoms with Gasteiger partial charge in [-0.05, 0) is 36.6 Å². The van der Waals surface area contributed by atoms with Gasteiger partial charge in [0.05, 0.1) is 5.92 Å². The summed E-state index contributed by atoms with van der Waals surface area (Å²) in [5, 5.41) is 4.46. The Balaban J connectivity index is 2.17. The first-order valence-corrected chi connectivity index (χ1v) is 8.90. The predicted molar refractivity (Wildman–Crippen MR) is 80.9 cm³/mol. The first-order valence-electron chi connectivity index (χ1n) is 6.13. The number of anilines is 1. The first kappa shape index (κ1) is 15.7. The van der Waals surface area contributed by atoms with Gasteiger partial charge in [-0.25, -0.2) is 12.8 Å². The number of amides is 1. The lowest BCUT2D eigenvalue weighted by atomic mass is 10.1. The lowest BCUT2D eigenvalue weighted by Gasteiger charge is -2.11. The molecule has 0 radical (unpaired) electrons. The van der Waals surface area contributed by atoms with Gasteiger partial charge in [-0.2, -0.15) is 0 Å². The van der Waals surface area contributed by atoms with Crippen molar-refractivity contribution in [1.29, 1.82) is 0 Å². The molecule has 1 N–H and O–H groups in total. The van der Waals surface area contributed by atoms with E-state index in [9.17, 15) is 17.6 Å². The van der Waals surface area contributed by atoms with Gasteiger partial charge >= 0.3 is 0 Å². The molecule has 0 saturated carbocycles. The van der Waals surface area contributed by atoms with Crippen molar-refractivity contribution in [1.82, 2.24) is 0 Å². The van der Waals surface area contributed by atoms with Crippen LogP contribution in [0.15, 0.2) is 40.6 Å². The zero-order chi connectivity index (χ0) is 15.6. The summed E-state index contributed by atoms with van der Waals surface area (Å²) in [6.07, 6.45) is 0.933. The van der Waals surface area contributed by atoms with Crippen LogP contribution >= 0.6 is 11.3 Å². The van der Waals surface area contributed by atoms with Crippen LogP contribution in [0.2, 0.25) is 0 Å². The molecule has 2 rings (SSSR count). The summed E-state index contributed by atoms with van der Waals surface area (Å²) >= 11 is 1.46. The number of rotatable bonds is 4. The van der Waals surface area contributed by atoms with E-state index >= 15 is 0 Å². The molecular weight excluding hydrogens is 313 g/mol. The van der Waals surface area contributed by atoms with Gasteiger partial charge in [-0.15, -0.1) is 11.3 Å². The van der Waals surface area contributed by atoms with Crippen molar-refractivity contribution in [3.63, 3.8) is 0 Å². The van der Waals surface area contributed by atoms with E-state index in [1.54, 1.807) is 6.92 Å². The maximum Gasteiger partial charge on any atom is 0.232 e. The van der Waals surface area contributed by atoms with Gasteiger partial charge in [0.2, 0.25) is 5.91 Å². The molecule has 1 heterocycles. The largest absolute Gasteiger partial charge is 0.325 e. The topological polar surface area (TPSA) is 63.2 Å². The molecule has 21 heavy (non-hydrogen) atoms. The maximum atomic E-state index is 13.7. The number of benzene rings is 1. The Bertz CT molecular complexity index is 755. The Kier molecular flexibility index (Phi) is 4.43. The van der Waals surface area contributed by atoms with Crippen LogP contribution in [0.5, 0.6) is 0 Å². The monoisotopic (exact) mass is 327 g/mol. The zero-order valence-electron chi connectivity index (χ0n) is 11.5. The number of carbonyl (C=O) groups excluding carboxylic acids is 1. The summed E-state index contributed by atoms with van der Waals surface area (Å²) in [5.41, 5.74) is 0.230. The van der Waals surface area contributed by atoms with E-state index in [2.05, 4.69) is 5.32 Å². The molecule has 1 atom stereocenters. The standard InChI is InChI=1S/C14H14FNO3S2/c1-9(12-4-3-7-20-12)14(17)16-10-5-6-13(11(15)8-10)21(2,18)19/h3-9H,1-2H3,(H,16,17)/t9-/m1/s1. The van der Waals surface area contributed by atoms with Gasteiger partial charge in [0.15, 0.2) is 9.84 Å². The molecule has 4 nitrogen and oxygen atoms in total. The fourth-order valence-corrected chi connectivity index (χ4v) is 3.31. The number of thiophene rings is 1. The summed E-state index contributed by atoms with van der Waals surface area (Å²) < 4.78 is 36.4. The molecule has 7 heteroatoms.